The molecule has 0 aliphatic carbocycles. The van der Waals surface area contributed by atoms with Crippen LogP contribution in [0.3, 0.4) is 0 Å². The van der Waals surface area contributed by atoms with Crippen LogP contribution in [0.5, 0.6) is 5.75 Å². The van der Waals surface area contributed by atoms with E-state index in [1.807, 2.05) is 38.1 Å². The molecule has 4 rings (SSSR count). The lowest BCUT2D eigenvalue weighted by Crippen LogP contribution is -2.02. The minimum absolute atomic E-state index is 0.874. The van der Waals surface area contributed by atoms with E-state index in [1.165, 1.54) is 10.8 Å². The van der Waals surface area contributed by atoms with Crippen LogP contribution in [-0.2, 0) is 0 Å². The quantitative estimate of drug-likeness (QED) is 0.511. The van der Waals surface area contributed by atoms with Gasteiger partial charge in [0.1, 0.15) is 5.75 Å². The number of allylic oxidation sites excluding steroid dienone is 2. The molecule has 1 nitrogen and oxygen atoms in total. The highest BCUT2D eigenvalue weighted by molar-refractivity contribution is 6.12. The molecule has 0 bridgehead atoms. The lowest BCUT2D eigenvalue weighted by atomic mass is 9.89. The smallest absolute Gasteiger partial charge is 0.135 e. The van der Waals surface area contributed by atoms with Gasteiger partial charge in [0.25, 0.3) is 0 Å². The highest BCUT2D eigenvalue weighted by Gasteiger charge is 2.20. The Morgan fingerprint density at radius 3 is 2.26 bits per heavy atom. The number of rotatable bonds is 1. The fraction of sp³-hybridized carbons (Fsp3) is 0.0909. The van der Waals surface area contributed by atoms with E-state index < -0.39 is 0 Å². The van der Waals surface area contributed by atoms with Crippen molar-refractivity contribution < 1.29 is 4.74 Å². The predicted molar refractivity (Wildman–Crippen MR) is 99.4 cm³/mol. The molecule has 0 radical (unpaired) electrons. The molecule has 0 aromatic heterocycles. The van der Waals surface area contributed by atoms with Gasteiger partial charge in [-0.15, -0.1) is 0 Å². The molecule has 0 atom stereocenters. The topological polar surface area (TPSA) is 9.23 Å². The Morgan fingerprint density at radius 1 is 0.783 bits per heavy atom. The molecule has 0 amide bonds. The first-order valence-electron chi connectivity index (χ1n) is 7.98. The molecule has 114 valence electrons. The molecule has 0 spiro atoms. The standard InChI is InChI=1S/C20H14O.C2H6/c1-14-18(15-7-3-2-4-8-15)13-21-19-12-11-16-9-5-6-10-17(16)20(14)19;1-2/h2-13H,1H2;1-2H3. The summed E-state index contributed by atoms with van der Waals surface area (Å²) in [6.45, 7) is 8.32. The average Bonchev–Trinajstić information content (AvgIpc) is 2.64. The maximum absolute atomic E-state index is 5.85. The fourth-order valence-corrected chi connectivity index (χ4v) is 2.85. The van der Waals surface area contributed by atoms with E-state index in [0.29, 0.717) is 0 Å². The second kappa shape index (κ2) is 6.53. The zero-order valence-corrected chi connectivity index (χ0v) is 13.5. The summed E-state index contributed by atoms with van der Waals surface area (Å²) in [6.07, 6.45) is 1.80. The van der Waals surface area contributed by atoms with E-state index in [9.17, 15) is 0 Å². The summed E-state index contributed by atoms with van der Waals surface area (Å²) in [5.74, 6) is 0.874. The van der Waals surface area contributed by atoms with Gasteiger partial charge in [0.2, 0.25) is 0 Å². The number of hydrogen-bond donors (Lipinski definition) is 0. The van der Waals surface area contributed by atoms with E-state index in [-0.39, 0.29) is 0 Å². The van der Waals surface area contributed by atoms with Crippen molar-refractivity contribution in [3.05, 3.63) is 90.7 Å². The van der Waals surface area contributed by atoms with Gasteiger partial charge in [0.05, 0.1) is 6.26 Å². The van der Waals surface area contributed by atoms with Gasteiger partial charge in [0, 0.05) is 11.1 Å². The van der Waals surface area contributed by atoms with Gasteiger partial charge in [0.15, 0.2) is 0 Å². The molecule has 0 saturated carbocycles. The molecule has 0 unspecified atom stereocenters. The van der Waals surface area contributed by atoms with Crippen LogP contribution in [0.15, 0.2) is 79.6 Å². The van der Waals surface area contributed by atoms with Crippen molar-refractivity contribution in [2.45, 2.75) is 13.8 Å². The number of ether oxygens (including phenoxy) is 1. The van der Waals surface area contributed by atoms with E-state index >= 15 is 0 Å². The number of fused-ring (bicyclic) bond motifs is 3. The molecule has 1 aliphatic rings. The lowest BCUT2D eigenvalue weighted by Gasteiger charge is -2.21. The fourth-order valence-electron chi connectivity index (χ4n) is 2.85. The van der Waals surface area contributed by atoms with Gasteiger partial charge in [-0.2, -0.15) is 0 Å². The Kier molecular flexibility index (Phi) is 4.29. The van der Waals surface area contributed by atoms with Crippen LogP contribution in [0, 0.1) is 0 Å². The Labute approximate surface area is 137 Å². The number of hydrogen-bond acceptors (Lipinski definition) is 1. The summed E-state index contributed by atoms with van der Waals surface area (Å²) < 4.78 is 5.85. The Balaban J connectivity index is 0.000000753. The third-order valence-corrected chi connectivity index (χ3v) is 3.91. The minimum Gasteiger partial charge on any atom is -0.464 e. The first-order valence-corrected chi connectivity index (χ1v) is 7.98. The first-order chi connectivity index (χ1) is 11.3. The maximum atomic E-state index is 5.85. The van der Waals surface area contributed by atoms with Gasteiger partial charge >= 0.3 is 0 Å². The third-order valence-electron chi connectivity index (χ3n) is 3.91. The van der Waals surface area contributed by atoms with Gasteiger partial charge in [-0.3, -0.25) is 0 Å². The molecule has 1 heterocycles. The second-order valence-electron chi connectivity index (χ2n) is 5.15. The Bertz CT molecular complexity index is 873. The van der Waals surface area contributed by atoms with Crippen LogP contribution >= 0.6 is 0 Å². The zero-order valence-electron chi connectivity index (χ0n) is 13.5. The average molecular weight is 300 g/mol. The highest BCUT2D eigenvalue weighted by Crippen LogP contribution is 2.42. The van der Waals surface area contributed by atoms with E-state index in [1.54, 1.807) is 6.26 Å². The van der Waals surface area contributed by atoms with Crippen molar-refractivity contribution in [3.63, 3.8) is 0 Å². The summed E-state index contributed by atoms with van der Waals surface area (Å²) >= 11 is 0. The Hall–Kier alpha value is -2.80. The van der Waals surface area contributed by atoms with Crippen molar-refractivity contribution >= 4 is 21.9 Å². The lowest BCUT2D eigenvalue weighted by molar-refractivity contribution is 0.479. The van der Waals surface area contributed by atoms with E-state index in [2.05, 4.69) is 49.0 Å². The number of benzene rings is 3. The van der Waals surface area contributed by atoms with E-state index in [4.69, 9.17) is 4.74 Å². The molecule has 3 aromatic carbocycles. The third kappa shape index (κ3) is 2.66. The molecular weight excluding hydrogens is 280 g/mol. The monoisotopic (exact) mass is 300 g/mol. The van der Waals surface area contributed by atoms with Gasteiger partial charge < -0.3 is 4.74 Å². The molecule has 3 aromatic rings. The van der Waals surface area contributed by atoms with Crippen LogP contribution in [0.2, 0.25) is 0 Å². The van der Waals surface area contributed by atoms with Gasteiger partial charge in [-0.05, 0) is 28.0 Å². The maximum Gasteiger partial charge on any atom is 0.135 e. The molecular formula is C22H20O. The van der Waals surface area contributed by atoms with Gasteiger partial charge in [-0.1, -0.05) is 81.1 Å². The van der Waals surface area contributed by atoms with Gasteiger partial charge in [-0.25, -0.2) is 0 Å². The van der Waals surface area contributed by atoms with Crippen molar-refractivity contribution in [2.75, 3.05) is 0 Å². The normalized spacial score (nSPS) is 12.6. The molecule has 0 fully saturated rings. The summed E-state index contributed by atoms with van der Waals surface area (Å²) in [5, 5.41) is 2.39. The minimum atomic E-state index is 0.874. The Morgan fingerprint density at radius 2 is 1.48 bits per heavy atom. The first kappa shape index (κ1) is 15.1. The summed E-state index contributed by atoms with van der Waals surface area (Å²) in [7, 11) is 0. The summed E-state index contributed by atoms with van der Waals surface area (Å²) in [4.78, 5) is 0. The van der Waals surface area contributed by atoms with Crippen molar-refractivity contribution in [1.82, 2.24) is 0 Å². The summed E-state index contributed by atoms with van der Waals surface area (Å²) in [5.41, 5.74) is 4.27. The highest BCUT2D eigenvalue weighted by atomic mass is 16.5. The van der Waals surface area contributed by atoms with Crippen LogP contribution in [0.4, 0.5) is 0 Å². The molecule has 0 saturated heterocycles. The van der Waals surface area contributed by atoms with E-state index in [0.717, 1.165) is 28.0 Å². The van der Waals surface area contributed by atoms with Crippen molar-refractivity contribution in [3.8, 4) is 5.75 Å². The molecule has 23 heavy (non-hydrogen) atoms. The second-order valence-corrected chi connectivity index (χ2v) is 5.15. The van der Waals surface area contributed by atoms with Crippen LogP contribution < -0.4 is 4.74 Å². The molecule has 1 aliphatic heterocycles. The zero-order chi connectivity index (χ0) is 16.2. The van der Waals surface area contributed by atoms with Crippen molar-refractivity contribution in [1.29, 1.82) is 0 Å². The summed E-state index contributed by atoms with van der Waals surface area (Å²) in [6, 6.07) is 22.7. The van der Waals surface area contributed by atoms with Crippen LogP contribution in [0.1, 0.15) is 25.0 Å². The van der Waals surface area contributed by atoms with Crippen LogP contribution in [0.25, 0.3) is 21.9 Å². The molecule has 0 N–H and O–H groups in total. The molecule has 1 heteroatoms. The van der Waals surface area contributed by atoms with Crippen LogP contribution in [-0.4, -0.2) is 0 Å². The predicted octanol–water partition coefficient (Wildman–Crippen LogP) is 6.31. The SMILES string of the molecule is C=C1C(c2ccccc2)=COc2ccc3ccccc3c21.CC. The van der Waals surface area contributed by atoms with Crippen molar-refractivity contribution in [2.24, 2.45) is 0 Å². The largest absolute Gasteiger partial charge is 0.464 e.